The number of benzene rings is 1. The van der Waals surface area contributed by atoms with Crippen molar-refractivity contribution in [1.82, 2.24) is 0 Å². The fraction of sp³-hybridized carbons (Fsp3) is 0.0714. The Labute approximate surface area is 109 Å². The monoisotopic (exact) mass is 256 g/mol. The maximum atomic E-state index is 12.2. The summed E-state index contributed by atoms with van der Waals surface area (Å²) in [5.74, 6) is -0.0711. The molecule has 1 aromatic heterocycles. The number of carbonyl (C=O) groups excluding carboxylic acids is 2. The third kappa shape index (κ3) is 1.90. The van der Waals surface area contributed by atoms with Gasteiger partial charge in [0.1, 0.15) is 0 Å². The quantitative estimate of drug-likeness (QED) is 0.724. The number of H-pyrrole nitrogens is 1. The second-order valence-electron chi connectivity index (χ2n) is 4.24. The molecule has 0 unspecified atom stereocenters. The summed E-state index contributed by atoms with van der Waals surface area (Å²) < 4.78 is 0. The van der Waals surface area contributed by atoms with Crippen molar-refractivity contribution in [2.75, 3.05) is 4.90 Å². The van der Waals surface area contributed by atoms with E-state index in [4.69, 9.17) is 0 Å². The molecule has 1 aromatic carbocycles. The highest BCUT2D eigenvalue weighted by Gasteiger charge is 2.43. The number of amides is 2. The van der Waals surface area contributed by atoms with Gasteiger partial charge >= 0.3 is 11.8 Å². The van der Waals surface area contributed by atoms with Crippen LogP contribution in [0.25, 0.3) is 0 Å². The van der Waals surface area contributed by atoms with Crippen LogP contribution in [0.15, 0.2) is 42.6 Å². The van der Waals surface area contributed by atoms with Crippen LogP contribution in [0.1, 0.15) is 26.3 Å². The van der Waals surface area contributed by atoms with Crippen LogP contribution in [0, 0.1) is 6.92 Å². The molecule has 5 nitrogen and oxygen atoms in total. The Morgan fingerprint density at radius 3 is 2.00 bits per heavy atom. The summed E-state index contributed by atoms with van der Waals surface area (Å²) in [5.41, 5.74) is 1.95. The Bertz CT molecular complexity index is 615. The minimum Gasteiger partial charge on any atom is -0.870 e. The maximum absolute atomic E-state index is 12.2. The van der Waals surface area contributed by atoms with Crippen LogP contribution in [-0.2, 0) is 0 Å². The van der Waals surface area contributed by atoms with E-state index in [9.17, 15) is 9.59 Å². The first-order valence-corrected chi connectivity index (χ1v) is 5.64. The van der Waals surface area contributed by atoms with Gasteiger partial charge in [-0.1, -0.05) is 12.1 Å². The zero-order chi connectivity index (χ0) is 12.7. The van der Waals surface area contributed by atoms with Gasteiger partial charge in [-0.2, -0.15) is 0 Å². The molecule has 5 heteroatoms. The number of nitrogens with zero attached hydrogens (tertiary/aromatic N) is 1. The number of rotatable bonds is 1. The molecular formula is C14H12N2O3. The van der Waals surface area contributed by atoms with Crippen LogP contribution < -0.4 is 9.88 Å². The van der Waals surface area contributed by atoms with Crippen molar-refractivity contribution in [2.24, 2.45) is 0 Å². The summed E-state index contributed by atoms with van der Waals surface area (Å²) in [5, 5.41) is 0. The summed E-state index contributed by atoms with van der Waals surface area (Å²) in [4.78, 5) is 28.5. The lowest BCUT2D eigenvalue weighted by molar-refractivity contribution is -0.363. The van der Waals surface area contributed by atoms with E-state index < -0.39 is 0 Å². The lowest BCUT2D eigenvalue weighted by atomic mass is 10.1. The number of carbonyl (C=O) groups is 2. The van der Waals surface area contributed by atoms with E-state index in [-0.39, 0.29) is 17.3 Å². The van der Waals surface area contributed by atoms with Crippen LogP contribution in [0.2, 0.25) is 0 Å². The van der Waals surface area contributed by atoms with Gasteiger partial charge in [0.05, 0.1) is 17.3 Å². The Morgan fingerprint density at radius 1 is 0.947 bits per heavy atom. The number of fused-ring (bicyclic) bond motifs is 1. The van der Waals surface area contributed by atoms with E-state index in [1.807, 2.05) is 13.0 Å². The zero-order valence-corrected chi connectivity index (χ0v) is 10.3. The number of pyridine rings is 1. The minimum atomic E-state index is -0.282. The topological polar surface area (TPSA) is 81.5 Å². The molecule has 0 spiro atoms. The van der Waals surface area contributed by atoms with Crippen LogP contribution >= 0.6 is 0 Å². The maximum Gasteiger partial charge on any atom is 0.349 e. The van der Waals surface area contributed by atoms with Gasteiger partial charge in [-0.05, 0) is 30.7 Å². The number of anilines is 1. The molecule has 2 amide bonds. The number of hydrogen-bond acceptors (Lipinski definition) is 3. The molecule has 2 N–H and O–H groups in total. The molecule has 0 bridgehead atoms. The standard InChI is InChI=1S/C14H10N2O2.H2O/c1-9-6-7-12(15-8-9)16-13(17)10-4-2-3-5-11(10)14(16)18;/h2-8H,1H3;1H2. The first-order valence-electron chi connectivity index (χ1n) is 5.64. The van der Waals surface area contributed by atoms with Crippen molar-refractivity contribution >= 4 is 17.6 Å². The molecule has 1 aliphatic heterocycles. The molecule has 2 heterocycles. The van der Waals surface area contributed by atoms with Gasteiger partial charge in [0.2, 0.25) is 0 Å². The molecule has 3 rings (SSSR count). The zero-order valence-electron chi connectivity index (χ0n) is 10.3. The summed E-state index contributed by atoms with van der Waals surface area (Å²) in [6.45, 7) is 1.93. The smallest absolute Gasteiger partial charge is 0.349 e. The average molecular weight is 256 g/mol. The third-order valence-electron chi connectivity index (χ3n) is 2.99. The van der Waals surface area contributed by atoms with Crippen molar-refractivity contribution in [3.8, 4) is 0 Å². The molecule has 0 fully saturated rings. The summed E-state index contributed by atoms with van der Waals surface area (Å²) in [7, 11) is 0. The molecule has 0 saturated heterocycles. The molecule has 0 radical (unpaired) electrons. The van der Waals surface area contributed by atoms with Crippen molar-refractivity contribution in [3.05, 3.63) is 59.3 Å². The summed E-state index contributed by atoms with van der Waals surface area (Å²) in [6, 6.07) is 10.4. The second-order valence-corrected chi connectivity index (χ2v) is 4.24. The van der Waals surface area contributed by atoms with Gasteiger partial charge in [-0.15, -0.1) is 4.90 Å². The van der Waals surface area contributed by atoms with Crippen molar-refractivity contribution < 1.29 is 20.0 Å². The van der Waals surface area contributed by atoms with E-state index in [0.29, 0.717) is 16.9 Å². The molecule has 19 heavy (non-hydrogen) atoms. The van der Waals surface area contributed by atoms with E-state index in [0.717, 1.165) is 5.56 Å². The van der Waals surface area contributed by atoms with Crippen molar-refractivity contribution in [1.29, 1.82) is 0 Å². The van der Waals surface area contributed by atoms with Crippen molar-refractivity contribution in [3.63, 3.8) is 0 Å². The van der Waals surface area contributed by atoms with Gasteiger partial charge in [-0.25, -0.2) is 14.6 Å². The van der Waals surface area contributed by atoms with Gasteiger partial charge in [0.25, 0.3) is 5.82 Å². The van der Waals surface area contributed by atoms with Crippen LogP contribution in [-0.4, -0.2) is 17.3 Å². The number of hydrogen-bond donors (Lipinski definition) is 0. The lowest BCUT2D eigenvalue weighted by Crippen LogP contribution is -2.34. The molecule has 0 saturated carbocycles. The Kier molecular flexibility index (Phi) is 3.14. The lowest BCUT2D eigenvalue weighted by Gasteiger charge is -2.03. The Hall–Kier alpha value is -2.53. The van der Waals surface area contributed by atoms with Gasteiger partial charge in [0, 0.05) is 6.07 Å². The molecular weight excluding hydrogens is 244 g/mol. The van der Waals surface area contributed by atoms with E-state index in [2.05, 4.69) is 4.98 Å². The summed E-state index contributed by atoms with van der Waals surface area (Å²) >= 11 is 0. The molecule has 2 aromatic rings. The van der Waals surface area contributed by atoms with Crippen LogP contribution in [0.5, 0.6) is 0 Å². The predicted molar refractivity (Wildman–Crippen MR) is 67.3 cm³/mol. The van der Waals surface area contributed by atoms with Gasteiger partial charge < -0.3 is 5.48 Å². The second kappa shape index (κ2) is 4.62. The highest BCUT2D eigenvalue weighted by Crippen LogP contribution is 2.25. The molecule has 1 aliphatic rings. The number of nitrogens with one attached hydrogen (secondary N) is 1. The van der Waals surface area contributed by atoms with Crippen molar-refractivity contribution in [2.45, 2.75) is 6.92 Å². The fourth-order valence-electron chi connectivity index (χ4n) is 2.04. The number of imide groups is 1. The average Bonchev–Trinajstić information content (AvgIpc) is 2.64. The number of aryl methyl sites for hydroxylation is 1. The molecule has 0 aliphatic carbocycles. The van der Waals surface area contributed by atoms with E-state index in [1.165, 1.54) is 4.90 Å². The number of aromatic amines is 1. The predicted octanol–water partition coefficient (Wildman–Crippen LogP) is 1.43. The van der Waals surface area contributed by atoms with Crippen LogP contribution in [0.3, 0.4) is 0 Å². The number of aromatic nitrogens is 1. The van der Waals surface area contributed by atoms with Crippen LogP contribution in [0.4, 0.5) is 5.82 Å². The molecule has 96 valence electrons. The summed E-state index contributed by atoms with van der Waals surface area (Å²) in [6.07, 6.45) is 1.76. The van der Waals surface area contributed by atoms with E-state index >= 15 is 0 Å². The minimum absolute atomic E-state index is 0. The van der Waals surface area contributed by atoms with Gasteiger partial charge in [0.15, 0.2) is 0 Å². The van der Waals surface area contributed by atoms with E-state index in [1.54, 1.807) is 36.5 Å². The third-order valence-corrected chi connectivity index (χ3v) is 2.99. The van der Waals surface area contributed by atoms with Gasteiger partial charge in [-0.3, -0.25) is 0 Å². The highest BCUT2D eigenvalue weighted by molar-refractivity contribution is 6.33. The first-order chi connectivity index (χ1) is 8.68. The fourth-order valence-corrected chi connectivity index (χ4v) is 2.04. The molecule has 0 atom stereocenters. The Morgan fingerprint density at radius 2 is 1.53 bits per heavy atom. The SMILES string of the molecule is Cc1ccc(N2C(=O)c3ccccc3C2=O)[nH+]c1.[OH-]. The largest absolute Gasteiger partial charge is 0.870 e. The highest BCUT2D eigenvalue weighted by atomic mass is 16.2. The first kappa shape index (κ1) is 12.9. The Balaban J connectivity index is 0.00000133. The normalized spacial score (nSPS) is 13.2.